The molecule has 1 aliphatic heterocycles. The van der Waals surface area contributed by atoms with Crippen LogP contribution in [0, 0.1) is 6.92 Å². The summed E-state index contributed by atoms with van der Waals surface area (Å²) in [6.07, 6.45) is 6.66. The zero-order valence-corrected chi connectivity index (χ0v) is 20.2. The number of aromatic nitrogens is 4. The number of aromatic amines is 1. The van der Waals surface area contributed by atoms with E-state index in [4.69, 9.17) is 10.7 Å². The SMILES string of the molecule is Cc1[nH]c(C2CCN(c3ncnc4c3C=C(c3ccc(C(N)=O)cc3)C4)CC2)nc1-c1ccccc1. The standard InChI is InChI=1S/C29H28N6O/c1-18-26(20-5-3-2-4-6-20)34-28(33-18)22-11-13-35(14-12-22)29-24-15-23(16-25(24)31-17-32-29)19-7-9-21(10-8-19)27(30)36/h2-10,15,17,22H,11-14,16H2,1H3,(H2,30,36)(H,33,34). The summed E-state index contributed by atoms with van der Waals surface area (Å²) >= 11 is 0. The van der Waals surface area contributed by atoms with Crippen molar-refractivity contribution in [2.75, 3.05) is 18.0 Å². The van der Waals surface area contributed by atoms with Gasteiger partial charge in [0.05, 0.1) is 11.4 Å². The molecule has 0 spiro atoms. The van der Waals surface area contributed by atoms with Crippen LogP contribution in [0.2, 0.25) is 0 Å². The lowest BCUT2D eigenvalue weighted by Gasteiger charge is -2.32. The molecule has 7 heteroatoms. The first-order valence-electron chi connectivity index (χ1n) is 12.4. The summed E-state index contributed by atoms with van der Waals surface area (Å²) < 4.78 is 0. The number of fused-ring (bicyclic) bond motifs is 1. The van der Waals surface area contributed by atoms with Crippen LogP contribution >= 0.6 is 0 Å². The maximum Gasteiger partial charge on any atom is 0.248 e. The molecule has 4 aromatic rings. The average Bonchev–Trinajstić information content (AvgIpc) is 3.53. The number of hydrogen-bond acceptors (Lipinski definition) is 5. The Morgan fingerprint density at radius 1 is 1.00 bits per heavy atom. The van der Waals surface area contributed by atoms with Crippen LogP contribution in [-0.4, -0.2) is 38.9 Å². The van der Waals surface area contributed by atoms with Gasteiger partial charge in [-0.1, -0.05) is 42.5 Å². The number of hydrogen-bond donors (Lipinski definition) is 2. The Morgan fingerprint density at radius 2 is 1.75 bits per heavy atom. The van der Waals surface area contributed by atoms with E-state index >= 15 is 0 Å². The van der Waals surface area contributed by atoms with Crippen LogP contribution in [0.4, 0.5) is 5.82 Å². The Hall–Kier alpha value is -4.26. The van der Waals surface area contributed by atoms with E-state index in [0.29, 0.717) is 11.5 Å². The quantitative estimate of drug-likeness (QED) is 0.433. The Labute approximate surface area is 210 Å². The van der Waals surface area contributed by atoms with Crippen LogP contribution < -0.4 is 10.6 Å². The summed E-state index contributed by atoms with van der Waals surface area (Å²) in [6, 6.07) is 17.8. The molecule has 180 valence electrons. The number of allylic oxidation sites excluding steroid dienone is 1. The van der Waals surface area contributed by atoms with Crippen molar-refractivity contribution in [1.82, 2.24) is 19.9 Å². The van der Waals surface area contributed by atoms with Crippen molar-refractivity contribution in [2.45, 2.75) is 32.1 Å². The van der Waals surface area contributed by atoms with E-state index in [2.05, 4.69) is 57.1 Å². The predicted octanol–water partition coefficient (Wildman–Crippen LogP) is 4.75. The number of H-pyrrole nitrogens is 1. The first-order chi connectivity index (χ1) is 17.6. The fourth-order valence-corrected chi connectivity index (χ4v) is 5.32. The molecule has 3 heterocycles. The van der Waals surface area contributed by atoms with Gasteiger partial charge in [-0.25, -0.2) is 15.0 Å². The van der Waals surface area contributed by atoms with Crippen molar-refractivity contribution in [1.29, 1.82) is 0 Å². The van der Waals surface area contributed by atoms with E-state index in [1.165, 1.54) is 5.57 Å². The third-order valence-corrected chi connectivity index (χ3v) is 7.29. The van der Waals surface area contributed by atoms with Crippen molar-refractivity contribution >= 4 is 23.4 Å². The van der Waals surface area contributed by atoms with E-state index in [9.17, 15) is 4.79 Å². The molecule has 3 N–H and O–H groups in total. The Balaban J connectivity index is 1.19. The maximum absolute atomic E-state index is 11.4. The van der Waals surface area contributed by atoms with Crippen LogP contribution in [-0.2, 0) is 6.42 Å². The van der Waals surface area contributed by atoms with E-state index in [-0.39, 0.29) is 0 Å². The highest BCUT2D eigenvalue weighted by Crippen LogP contribution is 2.37. The molecule has 2 aliphatic rings. The van der Waals surface area contributed by atoms with Crippen LogP contribution in [0.25, 0.3) is 22.9 Å². The van der Waals surface area contributed by atoms with Crippen LogP contribution in [0.15, 0.2) is 60.9 Å². The van der Waals surface area contributed by atoms with Gasteiger partial charge in [-0.3, -0.25) is 4.79 Å². The van der Waals surface area contributed by atoms with Gasteiger partial charge in [-0.2, -0.15) is 0 Å². The summed E-state index contributed by atoms with van der Waals surface area (Å²) in [5.41, 5.74) is 13.6. The van der Waals surface area contributed by atoms with Crippen molar-refractivity contribution in [3.8, 4) is 11.3 Å². The van der Waals surface area contributed by atoms with Crippen LogP contribution in [0.5, 0.6) is 0 Å². The maximum atomic E-state index is 11.4. The minimum atomic E-state index is -0.414. The zero-order valence-electron chi connectivity index (χ0n) is 20.2. The number of imidazole rings is 1. The van der Waals surface area contributed by atoms with Gasteiger partial charge in [-0.05, 0) is 49.1 Å². The number of nitrogens with one attached hydrogen (secondary N) is 1. The lowest BCUT2D eigenvalue weighted by molar-refractivity contribution is 0.100. The van der Waals surface area contributed by atoms with Crippen LogP contribution in [0.1, 0.15) is 57.5 Å². The molecule has 1 saturated heterocycles. The van der Waals surface area contributed by atoms with Gasteiger partial charge in [0.15, 0.2) is 0 Å². The molecule has 0 radical (unpaired) electrons. The normalized spacial score (nSPS) is 15.6. The largest absolute Gasteiger partial charge is 0.366 e. The molecule has 1 amide bonds. The highest BCUT2D eigenvalue weighted by Gasteiger charge is 2.28. The molecule has 36 heavy (non-hydrogen) atoms. The topological polar surface area (TPSA) is 101 Å². The Kier molecular flexibility index (Phi) is 5.60. The molecule has 1 aliphatic carbocycles. The van der Waals surface area contributed by atoms with Crippen molar-refractivity contribution in [2.24, 2.45) is 5.73 Å². The highest BCUT2D eigenvalue weighted by atomic mass is 16.1. The number of nitrogens with zero attached hydrogens (tertiary/aromatic N) is 4. The number of aryl methyl sites for hydroxylation is 1. The van der Waals surface area contributed by atoms with Gasteiger partial charge in [0.1, 0.15) is 18.0 Å². The molecular formula is C29H28N6O. The molecule has 0 atom stereocenters. The fraction of sp³-hybridized carbons (Fsp3) is 0.241. The Bertz CT molecular complexity index is 1450. The molecule has 0 saturated carbocycles. The van der Waals surface area contributed by atoms with Gasteiger partial charge < -0.3 is 15.6 Å². The average molecular weight is 477 g/mol. The van der Waals surface area contributed by atoms with E-state index < -0.39 is 5.91 Å². The summed E-state index contributed by atoms with van der Waals surface area (Å²) in [7, 11) is 0. The number of piperidine rings is 1. The van der Waals surface area contributed by atoms with E-state index in [0.717, 1.165) is 77.8 Å². The third-order valence-electron chi connectivity index (χ3n) is 7.29. The fourth-order valence-electron chi connectivity index (χ4n) is 5.32. The van der Waals surface area contributed by atoms with Crippen molar-refractivity contribution < 1.29 is 4.79 Å². The van der Waals surface area contributed by atoms with Crippen molar-refractivity contribution in [3.63, 3.8) is 0 Å². The van der Waals surface area contributed by atoms with E-state index in [1.807, 2.05) is 18.2 Å². The summed E-state index contributed by atoms with van der Waals surface area (Å²) in [5.74, 6) is 2.08. The highest BCUT2D eigenvalue weighted by molar-refractivity contribution is 5.95. The number of anilines is 1. The lowest BCUT2D eigenvalue weighted by atomic mass is 9.96. The summed E-state index contributed by atoms with van der Waals surface area (Å²) in [4.78, 5) is 31.6. The van der Waals surface area contributed by atoms with Crippen LogP contribution in [0.3, 0.4) is 0 Å². The summed E-state index contributed by atoms with van der Waals surface area (Å²) in [6.45, 7) is 3.94. The number of carbonyl (C=O) groups excluding carboxylic acids is 1. The lowest BCUT2D eigenvalue weighted by Crippen LogP contribution is -2.34. The monoisotopic (exact) mass is 476 g/mol. The second-order valence-electron chi connectivity index (χ2n) is 9.57. The Morgan fingerprint density at radius 3 is 2.47 bits per heavy atom. The van der Waals surface area contributed by atoms with Crippen molar-refractivity contribution in [3.05, 3.63) is 94.8 Å². The molecule has 0 bridgehead atoms. The zero-order chi connectivity index (χ0) is 24.6. The third kappa shape index (κ3) is 4.06. The van der Waals surface area contributed by atoms with Gasteiger partial charge in [0.25, 0.3) is 0 Å². The molecule has 7 nitrogen and oxygen atoms in total. The number of carbonyl (C=O) groups is 1. The van der Waals surface area contributed by atoms with Gasteiger partial charge in [-0.15, -0.1) is 0 Å². The smallest absolute Gasteiger partial charge is 0.248 e. The molecule has 6 rings (SSSR count). The predicted molar refractivity (Wildman–Crippen MR) is 142 cm³/mol. The minimum absolute atomic E-state index is 0.405. The number of benzene rings is 2. The summed E-state index contributed by atoms with van der Waals surface area (Å²) in [5, 5.41) is 0. The minimum Gasteiger partial charge on any atom is -0.366 e. The van der Waals surface area contributed by atoms with Gasteiger partial charge >= 0.3 is 0 Å². The second kappa shape index (κ2) is 9.07. The van der Waals surface area contributed by atoms with E-state index in [1.54, 1.807) is 18.5 Å². The number of nitrogens with two attached hydrogens (primary N) is 1. The number of rotatable bonds is 5. The molecule has 2 aromatic heterocycles. The second-order valence-corrected chi connectivity index (χ2v) is 9.57. The molecule has 2 aromatic carbocycles. The first-order valence-corrected chi connectivity index (χ1v) is 12.4. The molecule has 0 unspecified atom stereocenters. The van der Waals surface area contributed by atoms with Gasteiger partial charge in [0.2, 0.25) is 5.91 Å². The molecular weight excluding hydrogens is 448 g/mol. The first kappa shape index (κ1) is 22.2. The number of amides is 1. The number of primary amides is 1. The van der Waals surface area contributed by atoms with Gasteiger partial charge in [0, 0.05) is 47.8 Å². The molecule has 1 fully saturated rings.